The second-order valence-corrected chi connectivity index (χ2v) is 6.68. The molecule has 0 aromatic heterocycles. The van der Waals surface area contributed by atoms with E-state index in [1.54, 1.807) is 0 Å². The van der Waals surface area contributed by atoms with E-state index in [0.717, 1.165) is 70.6 Å². The van der Waals surface area contributed by atoms with Crippen molar-refractivity contribution >= 4 is 5.97 Å². The molecular weight excluding hydrogens is 292 g/mol. The molecule has 0 spiro atoms. The molecule has 0 fully saturated rings. The van der Waals surface area contributed by atoms with Crippen molar-refractivity contribution < 1.29 is 20.1 Å². The lowest BCUT2D eigenvalue weighted by atomic mass is 9.99. The molecule has 0 saturated heterocycles. The maximum Gasteiger partial charge on any atom is 0.330 e. The highest BCUT2D eigenvalue weighted by molar-refractivity contribution is 5.85. The standard InChI is InChI=1S/C19H36O4/c1-3-4-5-12-15-19(22,23)16-13-10-8-6-7-9-11-14-17(2)18(20)21/h22-23H,2-16H2,1H3,(H,20,21). The molecule has 0 saturated carbocycles. The Morgan fingerprint density at radius 1 is 0.826 bits per heavy atom. The van der Waals surface area contributed by atoms with Crippen molar-refractivity contribution in [3.63, 3.8) is 0 Å². The van der Waals surface area contributed by atoms with Gasteiger partial charge in [0, 0.05) is 18.4 Å². The van der Waals surface area contributed by atoms with E-state index in [0.29, 0.717) is 24.8 Å². The smallest absolute Gasteiger partial charge is 0.330 e. The van der Waals surface area contributed by atoms with Crippen molar-refractivity contribution in [1.29, 1.82) is 0 Å². The molecule has 0 bridgehead atoms. The zero-order valence-electron chi connectivity index (χ0n) is 14.9. The highest BCUT2D eigenvalue weighted by atomic mass is 16.5. The average molecular weight is 328 g/mol. The van der Waals surface area contributed by atoms with Gasteiger partial charge in [-0.1, -0.05) is 64.9 Å². The molecule has 0 atom stereocenters. The first kappa shape index (κ1) is 22.1. The number of carboxylic acid groups (broad SMARTS) is 1. The fourth-order valence-electron chi connectivity index (χ4n) is 2.70. The molecule has 0 heterocycles. The Balaban J connectivity index is 3.40. The number of unbranched alkanes of at least 4 members (excludes halogenated alkanes) is 9. The maximum absolute atomic E-state index is 10.6. The lowest BCUT2D eigenvalue weighted by molar-refractivity contribution is -0.172. The minimum atomic E-state index is -1.48. The van der Waals surface area contributed by atoms with E-state index in [9.17, 15) is 15.0 Å². The second-order valence-electron chi connectivity index (χ2n) is 6.68. The predicted molar refractivity (Wildman–Crippen MR) is 94.3 cm³/mol. The van der Waals surface area contributed by atoms with Gasteiger partial charge in [0.15, 0.2) is 5.79 Å². The molecule has 0 rings (SSSR count). The minimum Gasteiger partial charge on any atom is -0.478 e. The molecule has 0 radical (unpaired) electrons. The van der Waals surface area contributed by atoms with Gasteiger partial charge in [-0.15, -0.1) is 0 Å². The van der Waals surface area contributed by atoms with Crippen molar-refractivity contribution in [3.8, 4) is 0 Å². The van der Waals surface area contributed by atoms with E-state index >= 15 is 0 Å². The Morgan fingerprint density at radius 3 is 1.74 bits per heavy atom. The van der Waals surface area contributed by atoms with Gasteiger partial charge in [-0.2, -0.15) is 0 Å². The molecule has 23 heavy (non-hydrogen) atoms. The van der Waals surface area contributed by atoms with Gasteiger partial charge in [-0.3, -0.25) is 0 Å². The summed E-state index contributed by atoms with van der Waals surface area (Å²) < 4.78 is 0. The van der Waals surface area contributed by atoms with Crippen molar-refractivity contribution in [2.75, 3.05) is 0 Å². The molecular formula is C19H36O4. The van der Waals surface area contributed by atoms with Crippen LogP contribution < -0.4 is 0 Å². The zero-order chi connectivity index (χ0) is 17.6. The van der Waals surface area contributed by atoms with Crippen molar-refractivity contribution in [3.05, 3.63) is 12.2 Å². The summed E-state index contributed by atoms with van der Waals surface area (Å²) >= 11 is 0. The molecule has 0 aliphatic heterocycles. The molecule has 136 valence electrons. The second kappa shape index (κ2) is 13.6. The Hall–Kier alpha value is -0.870. The van der Waals surface area contributed by atoms with Crippen LogP contribution in [0.5, 0.6) is 0 Å². The number of rotatable bonds is 16. The third kappa shape index (κ3) is 14.5. The summed E-state index contributed by atoms with van der Waals surface area (Å²) in [6.45, 7) is 5.67. The van der Waals surface area contributed by atoms with E-state index in [4.69, 9.17) is 5.11 Å². The van der Waals surface area contributed by atoms with Gasteiger partial charge in [-0.25, -0.2) is 4.79 Å². The topological polar surface area (TPSA) is 77.8 Å². The number of aliphatic carboxylic acids is 1. The van der Waals surface area contributed by atoms with Gasteiger partial charge >= 0.3 is 5.97 Å². The molecule has 0 aromatic rings. The summed E-state index contributed by atoms with van der Waals surface area (Å²) in [5.41, 5.74) is 0.297. The Kier molecular flexibility index (Phi) is 13.0. The van der Waals surface area contributed by atoms with Gasteiger partial charge < -0.3 is 15.3 Å². The van der Waals surface area contributed by atoms with Gasteiger partial charge in [0.1, 0.15) is 0 Å². The monoisotopic (exact) mass is 328 g/mol. The van der Waals surface area contributed by atoms with Gasteiger partial charge in [-0.05, 0) is 25.7 Å². The first-order valence-corrected chi connectivity index (χ1v) is 9.25. The van der Waals surface area contributed by atoms with Crippen LogP contribution in [0.3, 0.4) is 0 Å². The summed E-state index contributed by atoms with van der Waals surface area (Å²) in [5, 5.41) is 28.5. The van der Waals surface area contributed by atoms with Crippen LogP contribution in [-0.2, 0) is 4.79 Å². The third-order valence-electron chi connectivity index (χ3n) is 4.29. The first-order valence-electron chi connectivity index (χ1n) is 9.25. The number of hydrogen-bond donors (Lipinski definition) is 3. The molecule has 0 aliphatic carbocycles. The Labute approximate surface area is 141 Å². The molecule has 0 amide bonds. The van der Waals surface area contributed by atoms with Crippen LogP contribution in [0.1, 0.15) is 96.8 Å². The van der Waals surface area contributed by atoms with Crippen molar-refractivity contribution in [2.24, 2.45) is 0 Å². The zero-order valence-corrected chi connectivity index (χ0v) is 14.9. The van der Waals surface area contributed by atoms with Crippen LogP contribution >= 0.6 is 0 Å². The maximum atomic E-state index is 10.6. The fraction of sp³-hybridized carbons (Fsp3) is 0.842. The predicted octanol–water partition coefficient (Wildman–Crippen LogP) is 4.79. The molecule has 4 nitrogen and oxygen atoms in total. The van der Waals surface area contributed by atoms with E-state index in [2.05, 4.69) is 13.5 Å². The van der Waals surface area contributed by atoms with E-state index < -0.39 is 11.8 Å². The third-order valence-corrected chi connectivity index (χ3v) is 4.29. The van der Waals surface area contributed by atoms with Crippen molar-refractivity contribution in [2.45, 2.75) is 103 Å². The van der Waals surface area contributed by atoms with Crippen LogP contribution in [0.25, 0.3) is 0 Å². The van der Waals surface area contributed by atoms with Crippen LogP contribution in [0.2, 0.25) is 0 Å². The van der Waals surface area contributed by atoms with Gasteiger partial charge in [0.05, 0.1) is 0 Å². The minimum absolute atomic E-state index is 0.297. The Morgan fingerprint density at radius 2 is 1.26 bits per heavy atom. The Bertz CT molecular complexity index is 323. The van der Waals surface area contributed by atoms with Crippen LogP contribution in [0, 0.1) is 0 Å². The highest BCUT2D eigenvalue weighted by Crippen LogP contribution is 2.20. The lowest BCUT2D eigenvalue weighted by Crippen LogP contribution is -2.27. The highest BCUT2D eigenvalue weighted by Gasteiger charge is 2.21. The largest absolute Gasteiger partial charge is 0.478 e. The summed E-state index contributed by atoms with van der Waals surface area (Å²) in [6, 6.07) is 0. The molecule has 3 N–H and O–H groups in total. The summed E-state index contributed by atoms with van der Waals surface area (Å²) in [4.78, 5) is 10.6. The molecule has 0 unspecified atom stereocenters. The summed E-state index contributed by atoms with van der Waals surface area (Å²) in [5.74, 6) is -2.37. The van der Waals surface area contributed by atoms with Crippen LogP contribution in [0.15, 0.2) is 12.2 Å². The van der Waals surface area contributed by atoms with E-state index in [-0.39, 0.29) is 0 Å². The van der Waals surface area contributed by atoms with E-state index in [1.165, 1.54) is 0 Å². The summed E-state index contributed by atoms with van der Waals surface area (Å²) in [7, 11) is 0. The molecule has 0 aliphatic rings. The molecule has 4 heteroatoms. The lowest BCUT2D eigenvalue weighted by Gasteiger charge is -2.21. The van der Waals surface area contributed by atoms with Gasteiger partial charge in [0.25, 0.3) is 0 Å². The van der Waals surface area contributed by atoms with Crippen molar-refractivity contribution in [1.82, 2.24) is 0 Å². The fourth-order valence-corrected chi connectivity index (χ4v) is 2.70. The van der Waals surface area contributed by atoms with Gasteiger partial charge in [0.2, 0.25) is 0 Å². The van der Waals surface area contributed by atoms with Crippen LogP contribution in [0.4, 0.5) is 0 Å². The molecule has 0 aromatic carbocycles. The number of hydrogen-bond acceptors (Lipinski definition) is 3. The van der Waals surface area contributed by atoms with E-state index in [1.807, 2.05) is 0 Å². The average Bonchev–Trinajstić information content (AvgIpc) is 2.49. The quantitative estimate of drug-likeness (QED) is 0.216. The van der Waals surface area contributed by atoms with Crippen LogP contribution in [-0.4, -0.2) is 27.1 Å². The number of carbonyl (C=O) groups is 1. The first-order chi connectivity index (χ1) is 10.9. The summed E-state index contributed by atoms with van der Waals surface area (Å²) in [6.07, 6.45) is 13.0. The normalized spacial score (nSPS) is 11.6. The number of carboxylic acids is 1. The SMILES string of the molecule is C=C(CCCCCCCCCC(O)(O)CCCCCC)C(=O)O. The number of aliphatic hydroxyl groups is 2.